The van der Waals surface area contributed by atoms with Crippen LogP contribution in [0.4, 0.5) is 0 Å². The molecule has 3 rings (SSSR count). The van der Waals surface area contributed by atoms with Crippen molar-refractivity contribution in [3.63, 3.8) is 0 Å². The zero-order valence-electron chi connectivity index (χ0n) is 18.8. The molecule has 1 aromatic carbocycles. The van der Waals surface area contributed by atoms with Crippen LogP contribution in [0.5, 0.6) is 11.5 Å². The van der Waals surface area contributed by atoms with Crippen LogP contribution in [0, 0.1) is 0 Å². The summed E-state index contributed by atoms with van der Waals surface area (Å²) in [6.45, 7) is 7.58. The average Bonchev–Trinajstić information content (AvgIpc) is 2.98. The minimum Gasteiger partial charge on any atom is -0.490 e. The first kappa shape index (κ1) is 25.2. The number of guanidine groups is 1. The number of nitrogens with zero attached hydrogens (tertiary/aromatic N) is 4. The van der Waals surface area contributed by atoms with Gasteiger partial charge in [0.15, 0.2) is 23.3 Å². The third kappa shape index (κ3) is 7.26. The van der Waals surface area contributed by atoms with Crippen LogP contribution < -0.4 is 20.1 Å². The number of fused-ring (bicyclic) bond motifs is 1. The van der Waals surface area contributed by atoms with E-state index in [0.29, 0.717) is 19.8 Å². The topological polar surface area (TPSA) is 85.6 Å². The lowest BCUT2D eigenvalue weighted by atomic mass is 10.1. The molecule has 172 valence electrons. The number of aliphatic imine (C=N–C) groups is 1. The first-order valence-corrected chi connectivity index (χ1v) is 11.0. The molecule has 0 bridgehead atoms. The summed E-state index contributed by atoms with van der Waals surface area (Å²) in [5.74, 6) is 4.43. The van der Waals surface area contributed by atoms with E-state index in [2.05, 4.69) is 42.5 Å². The Morgan fingerprint density at radius 2 is 1.87 bits per heavy atom. The van der Waals surface area contributed by atoms with Crippen molar-refractivity contribution < 1.29 is 9.47 Å². The summed E-state index contributed by atoms with van der Waals surface area (Å²) in [5.41, 5.74) is 1.19. The van der Waals surface area contributed by atoms with Gasteiger partial charge in [-0.3, -0.25) is 4.99 Å². The first-order chi connectivity index (χ1) is 14.7. The van der Waals surface area contributed by atoms with Crippen molar-refractivity contribution in [1.82, 2.24) is 25.4 Å². The van der Waals surface area contributed by atoms with Crippen LogP contribution in [0.2, 0.25) is 0 Å². The lowest BCUT2D eigenvalue weighted by Crippen LogP contribution is -2.38. The van der Waals surface area contributed by atoms with Crippen molar-refractivity contribution >= 4 is 29.9 Å². The van der Waals surface area contributed by atoms with Gasteiger partial charge in [-0.05, 0) is 50.8 Å². The molecule has 1 aliphatic heterocycles. The Morgan fingerprint density at radius 1 is 1.06 bits per heavy atom. The van der Waals surface area contributed by atoms with E-state index in [4.69, 9.17) is 9.47 Å². The third-order valence-electron chi connectivity index (χ3n) is 5.14. The fourth-order valence-electron chi connectivity index (χ4n) is 3.64. The average molecular weight is 542 g/mol. The van der Waals surface area contributed by atoms with E-state index in [9.17, 15) is 0 Å². The Morgan fingerprint density at radius 3 is 2.65 bits per heavy atom. The van der Waals surface area contributed by atoms with Crippen molar-refractivity contribution in [3.05, 3.63) is 35.4 Å². The number of nitrogens with one attached hydrogen (secondary N) is 2. The summed E-state index contributed by atoms with van der Waals surface area (Å²) in [6.07, 6.45) is 5.53. The maximum atomic E-state index is 5.72. The van der Waals surface area contributed by atoms with E-state index in [0.717, 1.165) is 55.0 Å². The van der Waals surface area contributed by atoms with Crippen molar-refractivity contribution in [2.75, 3.05) is 26.8 Å². The summed E-state index contributed by atoms with van der Waals surface area (Å²) in [7, 11) is 1.78. The lowest BCUT2D eigenvalue weighted by Gasteiger charge is -2.14. The van der Waals surface area contributed by atoms with Crippen LogP contribution >= 0.6 is 24.0 Å². The predicted octanol–water partition coefficient (Wildman–Crippen LogP) is 3.33. The molecule has 8 nitrogen and oxygen atoms in total. The standard InChI is InChI=1S/C22H34N6O2.HI/c1-4-29-18-11-10-17(15-19(18)30-5-2)12-13-24-22(23-3)25-16-21-27-26-20-9-7-6-8-14-28(20)21;/h10-11,15H,4-9,12-14,16H2,1-3H3,(H2,23,24,25);1H. The number of ether oxygens (including phenoxy) is 2. The summed E-state index contributed by atoms with van der Waals surface area (Å²) in [5, 5.41) is 15.5. The van der Waals surface area contributed by atoms with Gasteiger partial charge < -0.3 is 24.7 Å². The SMILES string of the molecule is CCOc1ccc(CCNC(=NC)NCc2nnc3n2CCCCC3)cc1OCC.I. The number of benzene rings is 1. The molecule has 1 aliphatic rings. The van der Waals surface area contributed by atoms with Crippen molar-refractivity contribution in [1.29, 1.82) is 0 Å². The quantitative estimate of drug-likeness (QED) is 0.287. The normalized spacial score (nSPS) is 13.6. The number of hydrogen-bond acceptors (Lipinski definition) is 5. The molecule has 0 unspecified atom stereocenters. The molecule has 0 radical (unpaired) electrons. The second-order valence-corrected chi connectivity index (χ2v) is 7.24. The Balaban J connectivity index is 0.00000341. The van der Waals surface area contributed by atoms with Gasteiger partial charge in [0.25, 0.3) is 0 Å². The van der Waals surface area contributed by atoms with Crippen LogP contribution in [0.15, 0.2) is 23.2 Å². The highest BCUT2D eigenvalue weighted by molar-refractivity contribution is 14.0. The minimum absolute atomic E-state index is 0. The van der Waals surface area contributed by atoms with Crippen molar-refractivity contribution in [2.24, 2.45) is 4.99 Å². The monoisotopic (exact) mass is 542 g/mol. The van der Waals surface area contributed by atoms with Gasteiger partial charge in [0.1, 0.15) is 5.82 Å². The maximum Gasteiger partial charge on any atom is 0.191 e. The lowest BCUT2D eigenvalue weighted by molar-refractivity contribution is 0.287. The zero-order chi connectivity index (χ0) is 21.2. The number of hydrogen-bond donors (Lipinski definition) is 2. The third-order valence-corrected chi connectivity index (χ3v) is 5.14. The molecule has 2 aromatic rings. The molecule has 0 saturated carbocycles. The van der Waals surface area contributed by atoms with E-state index in [1.54, 1.807) is 7.05 Å². The van der Waals surface area contributed by atoms with E-state index < -0.39 is 0 Å². The largest absolute Gasteiger partial charge is 0.490 e. The summed E-state index contributed by atoms with van der Waals surface area (Å²) in [6, 6.07) is 6.11. The Labute approximate surface area is 202 Å². The fourth-order valence-corrected chi connectivity index (χ4v) is 3.64. The zero-order valence-corrected chi connectivity index (χ0v) is 21.1. The Bertz CT molecular complexity index is 839. The molecule has 0 amide bonds. The van der Waals surface area contributed by atoms with Gasteiger partial charge in [-0.25, -0.2) is 0 Å². The molecule has 2 heterocycles. The highest BCUT2D eigenvalue weighted by atomic mass is 127. The number of aromatic nitrogens is 3. The van der Waals surface area contributed by atoms with Gasteiger partial charge in [0.2, 0.25) is 0 Å². The van der Waals surface area contributed by atoms with Gasteiger partial charge >= 0.3 is 0 Å². The molecular weight excluding hydrogens is 507 g/mol. The molecule has 0 saturated heterocycles. The summed E-state index contributed by atoms with van der Waals surface area (Å²) in [4.78, 5) is 4.33. The second kappa shape index (κ2) is 13.4. The molecule has 0 atom stereocenters. The summed E-state index contributed by atoms with van der Waals surface area (Å²) < 4.78 is 13.6. The molecule has 0 spiro atoms. The Kier molecular flexibility index (Phi) is 10.9. The number of halogens is 1. The van der Waals surface area contributed by atoms with Gasteiger partial charge in [0, 0.05) is 26.6 Å². The van der Waals surface area contributed by atoms with E-state index in [1.165, 1.54) is 24.8 Å². The Hall–Kier alpha value is -2.04. The molecule has 2 N–H and O–H groups in total. The maximum absolute atomic E-state index is 5.72. The van der Waals surface area contributed by atoms with E-state index in [1.807, 2.05) is 19.9 Å². The van der Waals surface area contributed by atoms with Crippen LogP contribution in [0.25, 0.3) is 0 Å². The van der Waals surface area contributed by atoms with Crippen LogP contribution in [-0.2, 0) is 25.9 Å². The number of rotatable bonds is 9. The molecule has 0 aliphatic carbocycles. The van der Waals surface area contributed by atoms with E-state index >= 15 is 0 Å². The second-order valence-electron chi connectivity index (χ2n) is 7.24. The fraction of sp³-hybridized carbons (Fsp3) is 0.591. The van der Waals surface area contributed by atoms with Gasteiger partial charge in [-0.15, -0.1) is 34.2 Å². The van der Waals surface area contributed by atoms with Crippen molar-refractivity contribution in [3.8, 4) is 11.5 Å². The van der Waals surface area contributed by atoms with Crippen LogP contribution in [0.3, 0.4) is 0 Å². The van der Waals surface area contributed by atoms with Gasteiger partial charge in [0.05, 0.1) is 19.8 Å². The van der Waals surface area contributed by atoms with Gasteiger partial charge in [-0.2, -0.15) is 0 Å². The molecule has 0 fully saturated rings. The van der Waals surface area contributed by atoms with Crippen molar-refractivity contribution in [2.45, 2.75) is 59.0 Å². The smallest absolute Gasteiger partial charge is 0.191 e. The first-order valence-electron chi connectivity index (χ1n) is 11.0. The molecular formula is C22H35IN6O2. The highest BCUT2D eigenvalue weighted by Crippen LogP contribution is 2.28. The molecule has 9 heteroatoms. The summed E-state index contributed by atoms with van der Waals surface area (Å²) >= 11 is 0. The molecule has 31 heavy (non-hydrogen) atoms. The van der Waals surface area contributed by atoms with Crippen LogP contribution in [0.1, 0.15) is 50.3 Å². The van der Waals surface area contributed by atoms with E-state index in [-0.39, 0.29) is 24.0 Å². The van der Waals surface area contributed by atoms with Gasteiger partial charge in [-0.1, -0.05) is 12.5 Å². The minimum atomic E-state index is 0. The number of aryl methyl sites for hydroxylation is 1. The van der Waals surface area contributed by atoms with Crippen LogP contribution in [-0.4, -0.2) is 47.5 Å². The highest BCUT2D eigenvalue weighted by Gasteiger charge is 2.14. The molecule has 1 aromatic heterocycles. The predicted molar refractivity (Wildman–Crippen MR) is 134 cm³/mol.